The Morgan fingerprint density at radius 1 is 1.50 bits per heavy atom. The van der Waals surface area contributed by atoms with E-state index >= 15 is 0 Å². The lowest BCUT2D eigenvalue weighted by Crippen LogP contribution is -2.20. The van der Waals surface area contributed by atoms with Gasteiger partial charge in [0.1, 0.15) is 21.1 Å². The van der Waals surface area contributed by atoms with Gasteiger partial charge in [0.05, 0.1) is 6.61 Å². The number of rotatable bonds is 4. The van der Waals surface area contributed by atoms with Gasteiger partial charge in [0.25, 0.3) is 0 Å². The third kappa shape index (κ3) is 3.45. The first kappa shape index (κ1) is 17.3. The summed E-state index contributed by atoms with van der Waals surface area (Å²) in [6.45, 7) is 4.06. The van der Waals surface area contributed by atoms with Crippen LogP contribution >= 0.6 is 35.6 Å². The van der Waals surface area contributed by atoms with Crippen molar-refractivity contribution in [1.29, 1.82) is 0 Å². The molecule has 0 radical (unpaired) electrons. The van der Waals surface area contributed by atoms with Gasteiger partial charge < -0.3 is 10.1 Å². The van der Waals surface area contributed by atoms with E-state index in [2.05, 4.69) is 22.9 Å². The monoisotopic (exact) mass is 380 g/mol. The lowest BCUT2D eigenvalue weighted by molar-refractivity contribution is 0.0531. The van der Waals surface area contributed by atoms with E-state index in [9.17, 15) is 4.79 Å². The van der Waals surface area contributed by atoms with E-state index in [1.165, 1.54) is 11.3 Å². The highest BCUT2D eigenvalue weighted by atomic mass is 35.5. The molecular weight excluding hydrogens is 364 g/mol. The number of thiophene rings is 1. The van der Waals surface area contributed by atoms with E-state index in [0.29, 0.717) is 22.9 Å². The Kier molecular flexibility index (Phi) is 5.18. The highest BCUT2D eigenvalue weighted by Gasteiger charge is 2.28. The largest absolute Gasteiger partial charge is 0.462 e. The summed E-state index contributed by atoms with van der Waals surface area (Å²) in [7, 11) is 0. The van der Waals surface area contributed by atoms with E-state index < -0.39 is 0 Å². The second-order valence-electron chi connectivity index (χ2n) is 5.40. The Morgan fingerprint density at radius 2 is 2.29 bits per heavy atom. The molecule has 0 saturated carbocycles. The van der Waals surface area contributed by atoms with Crippen LogP contribution in [0.2, 0.25) is 5.02 Å². The standard InChI is InChI=1S/C17H17ClN2O2S2/c1-3-22-17(21)14-9(2)13-15(23)19-12(20-16(13)24-14)8-10-5-4-6-11(18)7-10/h4-7,15,23H,3,8H2,1-2H3,(H,19,20). The van der Waals surface area contributed by atoms with Gasteiger partial charge in [-0.15, -0.1) is 24.0 Å². The maximum atomic E-state index is 12.1. The number of aliphatic imine (C=N–C) groups is 1. The number of halogens is 1. The zero-order valence-corrected chi connectivity index (χ0v) is 15.8. The Balaban J connectivity index is 1.86. The molecular formula is C17H17ClN2O2S2. The second-order valence-corrected chi connectivity index (χ2v) is 7.35. The van der Waals surface area contributed by atoms with E-state index in [1.807, 2.05) is 31.2 Å². The molecule has 3 rings (SSSR count). The van der Waals surface area contributed by atoms with Crippen LogP contribution in [0.5, 0.6) is 0 Å². The Labute approximate surface area is 155 Å². The second kappa shape index (κ2) is 7.17. The van der Waals surface area contributed by atoms with Crippen LogP contribution in [0.15, 0.2) is 29.3 Å². The van der Waals surface area contributed by atoms with Crippen molar-refractivity contribution in [2.75, 3.05) is 11.9 Å². The number of fused-ring (bicyclic) bond motifs is 1. The van der Waals surface area contributed by atoms with Crippen molar-refractivity contribution in [3.8, 4) is 0 Å². The summed E-state index contributed by atoms with van der Waals surface area (Å²) >= 11 is 12.0. The van der Waals surface area contributed by atoms with E-state index in [0.717, 1.165) is 27.5 Å². The minimum atomic E-state index is -0.298. The van der Waals surface area contributed by atoms with Crippen molar-refractivity contribution in [3.63, 3.8) is 0 Å². The summed E-state index contributed by atoms with van der Waals surface area (Å²) in [5.41, 5.74) is 2.89. The lowest BCUT2D eigenvalue weighted by Gasteiger charge is -2.20. The fourth-order valence-electron chi connectivity index (χ4n) is 2.63. The van der Waals surface area contributed by atoms with Crippen molar-refractivity contribution in [1.82, 2.24) is 0 Å². The smallest absolute Gasteiger partial charge is 0.348 e. The third-order valence-corrected chi connectivity index (χ3v) is 5.52. The number of benzene rings is 1. The summed E-state index contributed by atoms with van der Waals surface area (Å²) in [5.74, 6) is 0.509. The zero-order valence-electron chi connectivity index (χ0n) is 13.3. The van der Waals surface area contributed by atoms with Gasteiger partial charge in [0.15, 0.2) is 0 Å². The normalized spacial score (nSPS) is 16.2. The molecule has 7 heteroatoms. The summed E-state index contributed by atoms with van der Waals surface area (Å²) in [5, 5.41) is 4.63. The maximum absolute atomic E-state index is 12.1. The van der Waals surface area contributed by atoms with Gasteiger partial charge in [-0.25, -0.2) is 4.79 Å². The van der Waals surface area contributed by atoms with Crippen LogP contribution < -0.4 is 5.32 Å². The van der Waals surface area contributed by atoms with Gasteiger partial charge in [0.2, 0.25) is 0 Å². The zero-order chi connectivity index (χ0) is 17.3. The molecule has 0 saturated heterocycles. The van der Waals surface area contributed by atoms with Crippen molar-refractivity contribution in [2.45, 2.75) is 25.6 Å². The van der Waals surface area contributed by atoms with Crippen molar-refractivity contribution >= 4 is 52.4 Å². The molecule has 2 heterocycles. The summed E-state index contributed by atoms with van der Waals surface area (Å²) in [6, 6.07) is 7.68. The number of nitrogens with one attached hydrogen (secondary N) is 1. The van der Waals surface area contributed by atoms with Gasteiger partial charge in [-0.3, -0.25) is 4.99 Å². The Bertz CT molecular complexity index is 817. The van der Waals surface area contributed by atoms with Crippen molar-refractivity contribution in [2.24, 2.45) is 4.99 Å². The predicted molar refractivity (Wildman–Crippen MR) is 103 cm³/mol. The molecule has 0 bridgehead atoms. The fraction of sp³-hybridized carbons (Fsp3) is 0.294. The number of ether oxygens (including phenoxy) is 1. The van der Waals surface area contributed by atoms with Gasteiger partial charge >= 0.3 is 5.97 Å². The maximum Gasteiger partial charge on any atom is 0.348 e. The number of thiol groups is 1. The van der Waals surface area contributed by atoms with Crippen LogP contribution in [0.4, 0.5) is 5.00 Å². The average Bonchev–Trinajstić information content (AvgIpc) is 2.85. The van der Waals surface area contributed by atoms with Crippen LogP contribution in [0.3, 0.4) is 0 Å². The average molecular weight is 381 g/mol. The Hall–Kier alpha value is -1.50. The molecule has 1 atom stereocenters. The van der Waals surface area contributed by atoms with Gasteiger partial charge in [-0.1, -0.05) is 23.7 Å². The molecule has 1 aromatic carbocycles. The highest BCUT2D eigenvalue weighted by Crippen LogP contribution is 2.43. The SMILES string of the molecule is CCOC(=O)c1sc2c(c1C)C(S)N=C(Cc1cccc(Cl)c1)N2. The van der Waals surface area contributed by atoms with Crippen molar-refractivity contribution in [3.05, 3.63) is 50.9 Å². The molecule has 1 N–H and O–H groups in total. The van der Waals surface area contributed by atoms with Crippen LogP contribution in [0, 0.1) is 6.92 Å². The topological polar surface area (TPSA) is 50.7 Å². The molecule has 4 nitrogen and oxygen atoms in total. The molecule has 0 amide bonds. The number of amidine groups is 1. The van der Waals surface area contributed by atoms with E-state index in [1.54, 1.807) is 6.92 Å². The Morgan fingerprint density at radius 3 is 3.00 bits per heavy atom. The molecule has 0 aliphatic carbocycles. The molecule has 2 aromatic rings. The van der Waals surface area contributed by atoms with Crippen molar-refractivity contribution < 1.29 is 9.53 Å². The summed E-state index contributed by atoms with van der Waals surface area (Å²) in [4.78, 5) is 17.3. The van der Waals surface area contributed by atoms with Crippen LogP contribution in [-0.4, -0.2) is 18.4 Å². The first-order chi connectivity index (χ1) is 11.5. The number of esters is 1. The molecule has 0 fully saturated rings. The molecule has 1 aliphatic heterocycles. The first-order valence-electron chi connectivity index (χ1n) is 7.56. The number of anilines is 1. The molecule has 0 spiro atoms. The van der Waals surface area contributed by atoms with E-state index in [4.69, 9.17) is 16.3 Å². The quantitative estimate of drug-likeness (QED) is 0.587. The van der Waals surface area contributed by atoms with Crippen LogP contribution in [-0.2, 0) is 11.2 Å². The minimum absolute atomic E-state index is 0.296. The molecule has 1 unspecified atom stereocenters. The minimum Gasteiger partial charge on any atom is -0.462 e. The summed E-state index contributed by atoms with van der Waals surface area (Å²) < 4.78 is 5.12. The van der Waals surface area contributed by atoms with E-state index in [-0.39, 0.29) is 11.3 Å². The molecule has 1 aromatic heterocycles. The van der Waals surface area contributed by atoms with Crippen LogP contribution in [0.25, 0.3) is 0 Å². The van der Waals surface area contributed by atoms with Gasteiger partial charge in [0, 0.05) is 17.0 Å². The molecule has 1 aliphatic rings. The number of nitrogens with zero attached hydrogens (tertiary/aromatic N) is 1. The molecule has 126 valence electrons. The number of carbonyl (C=O) groups excluding carboxylic acids is 1. The number of hydrogen-bond acceptors (Lipinski definition) is 6. The molecule has 24 heavy (non-hydrogen) atoms. The first-order valence-corrected chi connectivity index (χ1v) is 9.27. The number of hydrogen-bond donors (Lipinski definition) is 2. The third-order valence-electron chi connectivity index (χ3n) is 3.71. The predicted octanol–water partition coefficient (Wildman–Crippen LogP) is 4.88. The highest BCUT2D eigenvalue weighted by molar-refractivity contribution is 7.80. The van der Waals surface area contributed by atoms with Gasteiger partial charge in [-0.2, -0.15) is 0 Å². The lowest BCUT2D eigenvalue weighted by atomic mass is 10.1. The number of carbonyl (C=O) groups is 1. The fourth-order valence-corrected chi connectivity index (χ4v) is 4.54. The van der Waals surface area contributed by atoms with Crippen LogP contribution in [0.1, 0.15) is 38.7 Å². The van der Waals surface area contributed by atoms with Gasteiger partial charge in [-0.05, 0) is 37.1 Å². The summed E-state index contributed by atoms with van der Waals surface area (Å²) in [6.07, 6.45) is 0.628.